The summed E-state index contributed by atoms with van der Waals surface area (Å²) in [4.78, 5) is 35.4. The molecule has 1 aromatic heterocycles. The number of aryl methyl sites for hydroxylation is 2. The Morgan fingerprint density at radius 2 is 1.95 bits per heavy atom. The number of aromatic nitrogens is 1. The van der Waals surface area contributed by atoms with Crippen molar-refractivity contribution in [3.63, 3.8) is 0 Å². The van der Waals surface area contributed by atoms with Gasteiger partial charge in [-0.2, -0.15) is 0 Å². The molecule has 1 saturated carbocycles. The molecule has 3 aliphatic rings. The number of carbonyl (C=O) groups is 1. The molecule has 4 rings (SSSR count). The Bertz CT molecular complexity index is 1310. The molecule has 2 heterocycles. The summed E-state index contributed by atoms with van der Waals surface area (Å²) in [5.74, 6) is 0.387. The predicted octanol–water partition coefficient (Wildman–Crippen LogP) is 5.05. The number of aromatic amines is 1. The van der Waals surface area contributed by atoms with Gasteiger partial charge < -0.3 is 20.4 Å². The molecular formula is C35H51N5O3. The van der Waals surface area contributed by atoms with Crippen molar-refractivity contribution in [2.75, 3.05) is 39.9 Å². The van der Waals surface area contributed by atoms with Crippen LogP contribution in [0.15, 0.2) is 62.6 Å². The Morgan fingerprint density at radius 3 is 2.60 bits per heavy atom. The van der Waals surface area contributed by atoms with E-state index in [0.29, 0.717) is 17.5 Å². The molecular weight excluding hydrogens is 538 g/mol. The normalized spacial score (nSPS) is 21.1. The topological polar surface area (TPSA) is 98.8 Å². The first-order valence-corrected chi connectivity index (χ1v) is 16.1. The summed E-state index contributed by atoms with van der Waals surface area (Å²) in [5, 5.41) is 6.80. The van der Waals surface area contributed by atoms with Gasteiger partial charge in [0.25, 0.3) is 5.56 Å². The van der Waals surface area contributed by atoms with Crippen LogP contribution in [0.25, 0.3) is 0 Å². The minimum Gasteiger partial charge on any atom is -0.382 e. The van der Waals surface area contributed by atoms with E-state index >= 15 is 0 Å². The van der Waals surface area contributed by atoms with Gasteiger partial charge in [-0.15, -0.1) is 0 Å². The van der Waals surface area contributed by atoms with Gasteiger partial charge in [0.15, 0.2) is 0 Å². The Hall–Kier alpha value is -3.23. The highest BCUT2D eigenvalue weighted by Gasteiger charge is 2.20. The number of nitrogens with zero attached hydrogens (tertiary/aromatic N) is 2. The van der Waals surface area contributed by atoms with E-state index in [1.807, 2.05) is 26.1 Å². The number of nitrogens with one attached hydrogen (secondary N) is 3. The minimum atomic E-state index is -0.153. The molecule has 1 amide bonds. The Morgan fingerprint density at radius 1 is 1.19 bits per heavy atom. The van der Waals surface area contributed by atoms with Gasteiger partial charge in [0, 0.05) is 68.0 Å². The molecule has 0 aromatic carbocycles. The molecule has 2 aliphatic carbocycles. The molecule has 1 aromatic rings. The Kier molecular flexibility index (Phi) is 12.6. The number of hydrogen-bond acceptors (Lipinski definition) is 6. The van der Waals surface area contributed by atoms with Gasteiger partial charge in [0.1, 0.15) is 0 Å². The van der Waals surface area contributed by atoms with Gasteiger partial charge in [-0.05, 0) is 74.3 Å². The lowest BCUT2D eigenvalue weighted by Crippen LogP contribution is -2.39. The highest BCUT2D eigenvalue weighted by atomic mass is 16.5. The summed E-state index contributed by atoms with van der Waals surface area (Å²) in [5.41, 5.74) is 6.47. The zero-order chi connectivity index (χ0) is 30.6. The Labute approximate surface area is 257 Å². The highest BCUT2D eigenvalue weighted by molar-refractivity contribution is 5.90. The van der Waals surface area contributed by atoms with Gasteiger partial charge in [0.2, 0.25) is 5.91 Å². The predicted molar refractivity (Wildman–Crippen MR) is 175 cm³/mol. The number of carbonyl (C=O) groups excluding carboxylic acids is 1. The third-order valence-corrected chi connectivity index (χ3v) is 8.76. The van der Waals surface area contributed by atoms with Crippen molar-refractivity contribution in [2.24, 2.45) is 10.9 Å². The van der Waals surface area contributed by atoms with Crippen LogP contribution in [-0.4, -0.2) is 67.9 Å². The van der Waals surface area contributed by atoms with Crippen molar-refractivity contribution in [3.8, 4) is 0 Å². The summed E-state index contributed by atoms with van der Waals surface area (Å²) >= 11 is 0. The van der Waals surface area contributed by atoms with Crippen LogP contribution in [0, 0.1) is 19.8 Å². The van der Waals surface area contributed by atoms with E-state index in [9.17, 15) is 9.59 Å². The van der Waals surface area contributed by atoms with Crippen molar-refractivity contribution in [3.05, 3.63) is 80.0 Å². The second kappa shape index (κ2) is 16.6. The van der Waals surface area contributed by atoms with Crippen molar-refractivity contribution >= 4 is 12.1 Å². The zero-order valence-corrected chi connectivity index (χ0v) is 26.6. The third-order valence-electron chi connectivity index (χ3n) is 8.76. The molecule has 3 N–H and O–H groups in total. The summed E-state index contributed by atoms with van der Waals surface area (Å²) in [6.07, 6.45) is 19.1. The molecule has 1 unspecified atom stereocenters. The second-order valence-electron chi connectivity index (χ2n) is 12.2. The molecule has 1 aliphatic heterocycles. The highest BCUT2D eigenvalue weighted by Crippen LogP contribution is 2.27. The first kappa shape index (κ1) is 32.7. The Balaban J connectivity index is 1.53. The molecule has 0 bridgehead atoms. The monoisotopic (exact) mass is 589 g/mol. The average molecular weight is 590 g/mol. The van der Waals surface area contributed by atoms with Crippen LogP contribution < -0.4 is 16.2 Å². The molecule has 0 radical (unpaired) electrons. The summed E-state index contributed by atoms with van der Waals surface area (Å²) < 4.78 is 5.51. The lowest BCUT2D eigenvalue weighted by Gasteiger charge is -2.30. The third kappa shape index (κ3) is 9.90. The van der Waals surface area contributed by atoms with E-state index in [2.05, 4.69) is 56.7 Å². The number of amides is 1. The summed E-state index contributed by atoms with van der Waals surface area (Å²) in [6.45, 7) is 10.9. The van der Waals surface area contributed by atoms with Crippen molar-refractivity contribution in [2.45, 2.75) is 84.7 Å². The maximum atomic E-state index is 13.2. The molecule has 1 saturated heterocycles. The van der Waals surface area contributed by atoms with E-state index in [-0.39, 0.29) is 24.4 Å². The molecule has 43 heavy (non-hydrogen) atoms. The minimum absolute atomic E-state index is 0.133. The molecule has 0 spiro atoms. The SMILES string of the molecule is CC\C(=C/C(NC1CCCCC1)=C(/C=N\C)CC(=O)NCc1c(C)cc(C)[nH]c1=O)C1=CCC(CN2CCOCC2)C=C1. The van der Waals surface area contributed by atoms with Crippen LogP contribution in [0.2, 0.25) is 0 Å². The number of aliphatic imine (C=N–C) groups is 1. The first-order valence-electron chi connectivity index (χ1n) is 16.1. The number of ether oxygens (including phenoxy) is 1. The molecule has 8 nitrogen and oxygen atoms in total. The number of morpholine rings is 1. The van der Waals surface area contributed by atoms with E-state index in [0.717, 1.165) is 81.1 Å². The van der Waals surface area contributed by atoms with Gasteiger partial charge >= 0.3 is 0 Å². The van der Waals surface area contributed by atoms with Crippen molar-refractivity contribution < 1.29 is 9.53 Å². The van der Waals surface area contributed by atoms with Gasteiger partial charge in [-0.1, -0.05) is 44.4 Å². The molecule has 8 heteroatoms. The second-order valence-corrected chi connectivity index (χ2v) is 12.2. The lowest BCUT2D eigenvalue weighted by atomic mass is 9.90. The smallest absolute Gasteiger partial charge is 0.253 e. The van der Waals surface area contributed by atoms with E-state index in [1.165, 1.54) is 30.4 Å². The van der Waals surface area contributed by atoms with Crippen LogP contribution in [0.1, 0.15) is 75.1 Å². The fourth-order valence-electron chi connectivity index (χ4n) is 6.30. The number of allylic oxidation sites excluding steroid dienone is 5. The van der Waals surface area contributed by atoms with Crippen molar-refractivity contribution in [1.29, 1.82) is 0 Å². The number of rotatable bonds is 12. The average Bonchev–Trinajstić information content (AvgIpc) is 3.00. The summed E-state index contributed by atoms with van der Waals surface area (Å²) in [7, 11) is 1.75. The van der Waals surface area contributed by atoms with Crippen LogP contribution >= 0.6 is 0 Å². The molecule has 2 fully saturated rings. The van der Waals surface area contributed by atoms with E-state index in [4.69, 9.17) is 4.74 Å². The fourth-order valence-corrected chi connectivity index (χ4v) is 6.30. The van der Waals surface area contributed by atoms with Crippen LogP contribution in [0.4, 0.5) is 0 Å². The van der Waals surface area contributed by atoms with Crippen LogP contribution in [0.3, 0.4) is 0 Å². The van der Waals surface area contributed by atoms with Gasteiger partial charge in [-0.25, -0.2) is 0 Å². The van der Waals surface area contributed by atoms with Crippen LogP contribution in [0.5, 0.6) is 0 Å². The number of hydrogen-bond donors (Lipinski definition) is 3. The van der Waals surface area contributed by atoms with Crippen LogP contribution in [-0.2, 0) is 16.1 Å². The molecule has 234 valence electrons. The van der Waals surface area contributed by atoms with Crippen molar-refractivity contribution in [1.82, 2.24) is 20.5 Å². The lowest BCUT2D eigenvalue weighted by molar-refractivity contribution is -0.120. The first-order chi connectivity index (χ1) is 20.9. The zero-order valence-electron chi connectivity index (χ0n) is 26.6. The fraction of sp³-hybridized carbons (Fsp3) is 0.571. The van der Waals surface area contributed by atoms with E-state index < -0.39 is 0 Å². The molecule has 1 atom stereocenters. The number of H-pyrrole nitrogens is 1. The van der Waals surface area contributed by atoms with Gasteiger partial charge in [0.05, 0.1) is 19.6 Å². The quantitative estimate of drug-likeness (QED) is 0.234. The maximum absolute atomic E-state index is 13.2. The van der Waals surface area contributed by atoms with Gasteiger partial charge in [-0.3, -0.25) is 19.5 Å². The van der Waals surface area contributed by atoms with E-state index in [1.54, 1.807) is 7.05 Å². The summed E-state index contributed by atoms with van der Waals surface area (Å²) in [6, 6.07) is 2.31. The number of pyridine rings is 1. The maximum Gasteiger partial charge on any atom is 0.253 e. The largest absolute Gasteiger partial charge is 0.382 e. The standard InChI is InChI=1S/C35H51N5O3/c1-5-28(29-13-11-27(12-14-29)24-40-15-17-43-18-16-40)20-33(39-31-9-7-6-8-10-31)30(22-36-4)21-34(41)37-23-32-25(2)19-26(3)38-35(32)42/h11,13-14,19-20,22,27,31,39H,5-10,12,15-18,21,23-24H2,1-4H3,(H,37,41)(H,38,42)/b28-20+,33-30-,36-22-.